The maximum atomic E-state index is 5.98. The molecule has 0 spiro atoms. The van der Waals surface area contributed by atoms with Gasteiger partial charge >= 0.3 is 0 Å². The molecule has 0 fully saturated rings. The molecule has 18 heavy (non-hydrogen) atoms. The minimum Gasteiger partial charge on any atom is -0.241 e. The van der Waals surface area contributed by atoms with Crippen molar-refractivity contribution in [2.45, 2.75) is 18.7 Å². The highest BCUT2D eigenvalue weighted by molar-refractivity contribution is 9.08. The van der Waals surface area contributed by atoms with E-state index in [0.717, 1.165) is 28.0 Å². The second kappa shape index (κ2) is 6.00. The largest absolute Gasteiger partial charge is 0.241 e. The summed E-state index contributed by atoms with van der Waals surface area (Å²) in [6.07, 6.45) is 2.50. The number of benzene rings is 1. The molecule has 0 atom stereocenters. The van der Waals surface area contributed by atoms with Crippen LogP contribution in [-0.4, -0.2) is 9.97 Å². The monoisotopic (exact) mass is 344 g/mol. The van der Waals surface area contributed by atoms with Crippen molar-refractivity contribution in [3.8, 4) is 0 Å². The molecule has 2 nitrogen and oxygen atoms in total. The van der Waals surface area contributed by atoms with Gasteiger partial charge in [0.05, 0.1) is 10.0 Å². The van der Waals surface area contributed by atoms with Crippen LogP contribution in [0, 0.1) is 6.92 Å². The first-order chi connectivity index (χ1) is 8.60. The van der Waals surface area contributed by atoms with Crippen molar-refractivity contribution in [3.05, 3.63) is 57.1 Å². The second-order valence-electron chi connectivity index (χ2n) is 3.96. The smallest absolute Gasteiger partial charge is 0.132 e. The molecule has 0 aliphatic carbocycles. The summed E-state index contributed by atoms with van der Waals surface area (Å²) in [5, 5.41) is 1.89. The fourth-order valence-electron chi connectivity index (χ4n) is 1.59. The fourth-order valence-corrected chi connectivity index (χ4v) is 2.46. The Balaban J connectivity index is 2.23. The molecule has 5 heteroatoms. The molecule has 1 aromatic carbocycles. The highest BCUT2D eigenvalue weighted by atomic mass is 79.9. The van der Waals surface area contributed by atoms with E-state index in [9.17, 15) is 0 Å². The topological polar surface area (TPSA) is 25.8 Å². The number of halogens is 3. The van der Waals surface area contributed by atoms with E-state index in [4.69, 9.17) is 23.2 Å². The summed E-state index contributed by atoms with van der Waals surface area (Å²) >= 11 is 15.3. The molecule has 0 aliphatic heterocycles. The summed E-state index contributed by atoms with van der Waals surface area (Å²) in [7, 11) is 0. The average molecular weight is 346 g/mol. The lowest BCUT2D eigenvalue weighted by Crippen LogP contribution is -2.01. The van der Waals surface area contributed by atoms with Gasteiger partial charge in [0.25, 0.3) is 0 Å². The minimum atomic E-state index is 0.558. The van der Waals surface area contributed by atoms with Crippen LogP contribution < -0.4 is 0 Å². The zero-order chi connectivity index (χ0) is 13.1. The molecule has 0 radical (unpaired) electrons. The number of hydrogen-bond donors (Lipinski definition) is 0. The summed E-state index contributed by atoms with van der Waals surface area (Å²) in [5.41, 5.74) is 3.15. The Bertz CT molecular complexity index is 573. The van der Waals surface area contributed by atoms with Gasteiger partial charge in [-0.2, -0.15) is 0 Å². The molecule has 0 saturated carbocycles. The number of alkyl halides is 1. The lowest BCUT2D eigenvalue weighted by atomic mass is 10.1. The van der Waals surface area contributed by atoms with Crippen LogP contribution >= 0.6 is 39.1 Å². The molecule has 2 aromatic rings. The van der Waals surface area contributed by atoms with Gasteiger partial charge in [-0.3, -0.25) is 0 Å². The van der Waals surface area contributed by atoms with Crippen molar-refractivity contribution in [2.75, 3.05) is 0 Å². The van der Waals surface area contributed by atoms with Gasteiger partial charge in [0.15, 0.2) is 0 Å². The summed E-state index contributed by atoms with van der Waals surface area (Å²) in [6.45, 7) is 1.98. The van der Waals surface area contributed by atoms with E-state index < -0.39 is 0 Å². The summed E-state index contributed by atoms with van der Waals surface area (Å²) in [5.74, 6) is 0.788. The Kier molecular flexibility index (Phi) is 4.60. The lowest BCUT2D eigenvalue weighted by molar-refractivity contribution is 0.925. The Morgan fingerprint density at radius 3 is 2.61 bits per heavy atom. The van der Waals surface area contributed by atoms with Crippen LogP contribution in [0.25, 0.3) is 0 Å². The summed E-state index contributed by atoms with van der Waals surface area (Å²) in [4.78, 5) is 8.81. The molecule has 94 valence electrons. The summed E-state index contributed by atoms with van der Waals surface area (Å²) < 4.78 is 0. The van der Waals surface area contributed by atoms with Gasteiger partial charge in [-0.25, -0.2) is 9.97 Å². The van der Waals surface area contributed by atoms with Crippen molar-refractivity contribution in [3.63, 3.8) is 0 Å². The molecule has 0 aliphatic rings. The number of rotatable bonds is 3. The zero-order valence-electron chi connectivity index (χ0n) is 9.75. The van der Waals surface area contributed by atoms with Crippen molar-refractivity contribution < 1.29 is 0 Å². The molecule has 0 bridgehead atoms. The van der Waals surface area contributed by atoms with E-state index in [0.29, 0.717) is 16.5 Å². The Hall–Kier alpha value is -0.640. The van der Waals surface area contributed by atoms with Crippen LogP contribution in [0.5, 0.6) is 0 Å². The number of nitrogens with zero attached hydrogens (tertiary/aromatic N) is 2. The van der Waals surface area contributed by atoms with Crippen LogP contribution in [0.2, 0.25) is 10.0 Å². The van der Waals surface area contributed by atoms with E-state index in [2.05, 4.69) is 25.9 Å². The van der Waals surface area contributed by atoms with Crippen LogP contribution in [0.1, 0.15) is 22.6 Å². The van der Waals surface area contributed by atoms with E-state index in [-0.39, 0.29) is 0 Å². The molecular formula is C13H11BrCl2N2. The molecule has 1 aromatic heterocycles. The molecule has 0 unspecified atom stereocenters. The first kappa shape index (κ1) is 13.8. The van der Waals surface area contributed by atoms with Gasteiger partial charge in [-0.15, -0.1) is 0 Å². The second-order valence-corrected chi connectivity index (χ2v) is 5.33. The summed E-state index contributed by atoms with van der Waals surface area (Å²) in [6, 6.07) is 5.57. The normalized spacial score (nSPS) is 10.7. The Morgan fingerprint density at radius 1 is 1.22 bits per heavy atom. The minimum absolute atomic E-state index is 0.558. The third-order valence-electron chi connectivity index (χ3n) is 2.62. The predicted octanol–water partition coefficient (Wildman–Crippen LogP) is 4.58. The van der Waals surface area contributed by atoms with Gasteiger partial charge in [-0.1, -0.05) is 45.2 Å². The lowest BCUT2D eigenvalue weighted by Gasteiger charge is -2.05. The number of aryl methyl sites for hydroxylation is 1. The van der Waals surface area contributed by atoms with Crippen molar-refractivity contribution >= 4 is 39.1 Å². The number of hydrogen-bond acceptors (Lipinski definition) is 2. The highest BCUT2D eigenvalue weighted by Gasteiger charge is 2.05. The molecular weight excluding hydrogens is 335 g/mol. The molecule has 0 amide bonds. The quantitative estimate of drug-likeness (QED) is 0.761. The molecule has 1 heterocycles. The highest BCUT2D eigenvalue weighted by Crippen LogP contribution is 2.23. The predicted molar refractivity (Wildman–Crippen MR) is 78.7 cm³/mol. The first-order valence-corrected chi connectivity index (χ1v) is 7.29. The third kappa shape index (κ3) is 3.22. The van der Waals surface area contributed by atoms with Crippen molar-refractivity contribution in [2.24, 2.45) is 0 Å². The average Bonchev–Trinajstić information content (AvgIpc) is 2.34. The maximum Gasteiger partial charge on any atom is 0.132 e. The SMILES string of the molecule is Cc1nc(Cc2ccc(Cl)c(Cl)c2)ncc1CBr. The van der Waals surface area contributed by atoms with Crippen molar-refractivity contribution in [1.82, 2.24) is 9.97 Å². The standard InChI is InChI=1S/C13H11BrCl2N2/c1-8-10(6-14)7-17-13(18-8)5-9-2-3-11(15)12(16)4-9/h2-4,7H,5-6H2,1H3. The Labute approximate surface area is 124 Å². The maximum absolute atomic E-state index is 5.98. The van der Waals surface area contributed by atoms with Gasteiger partial charge in [0.1, 0.15) is 5.82 Å². The van der Waals surface area contributed by atoms with Gasteiger partial charge in [-0.05, 0) is 24.6 Å². The van der Waals surface area contributed by atoms with E-state index in [1.807, 2.05) is 25.3 Å². The van der Waals surface area contributed by atoms with E-state index >= 15 is 0 Å². The zero-order valence-corrected chi connectivity index (χ0v) is 12.8. The van der Waals surface area contributed by atoms with Gasteiger partial charge < -0.3 is 0 Å². The Morgan fingerprint density at radius 2 is 2.00 bits per heavy atom. The van der Waals surface area contributed by atoms with E-state index in [1.165, 1.54) is 0 Å². The number of aromatic nitrogens is 2. The van der Waals surface area contributed by atoms with Crippen LogP contribution in [0.4, 0.5) is 0 Å². The molecule has 2 rings (SSSR count). The van der Waals surface area contributed by atoms with Gasteiger partial charge in [0, 0.05) is 29.2 Å². The molecule has 0 N–H and O–H groups in total. The third-order valence-corrected chi connectivity index (χ3v) is 3.96. The van der Waals surface area contributed by atoms with Crippen LogP contribution in [0.15, 0.2) is 24.4 Å². The van der Waals surface area contributed by atoms with E-state index in [1.54, 1.807) is 6.07 Å². The van der Waals surface area contributed by atoms with Crippen LogP contribution in [-0.2, 0) is 11.8 Å². The first-order valence-electron chi connectivity index (χ1n) is 5.41. The fraction of sp³-hybridized carbons (Fsp3) is 0.231. The molecule has 0 saturated heterocycles. The van der Waals surface area contributed by atoms with Crippen molar-refractivity contribution in [1.29, 1.82) is 0 Å². The van der Waals surface area contributed by atoms with Crippen LogP contribution in [0.3, 0.4) is 0 Å². The van der Waals surface area contributed by atoms with Gasteiger partial charge in [0.2, 0.25) is 0 Å².